The van der Waals surface area contributed by atoms with E-state index < -0.39 is 0 Å². The monoisotopic (exact) mass is 439 g/mol. The molecule has 3 nitrogen and oxygen atoms in total. The predicted octanol–water partition coefficient (Wildman–Crippen LogP) is 3.91. The number of rotatable bonds is 5. The molecule has 1 aliphatic carbocycles. The molecule has 1 aliphatic rings. The number of hydrogen-bond acceptors (Lipinski definition) is 1. The van der Waals surface area contributed by atoms with Crippen LogP contribution in [0.2, 0.25) is 0 Å². The van der Waals surface area contributed by atoms with Crippen molar-refractivity contribution in [3.05, 3.63) is 71.5 Å². The van der Waals surface area contributed by atoms with Crippen LogP contribution in [0.5, 0.6) is 0 Å². The molecule has 24 heavy (non-hydrogen) atoms. The van der Waals surface area contributed by atoms with Crippen molar-refractivity contribution in [1.29, 1.82) is 0 Å². The Morgan fingerprint density at radius 2 is 1.92 bits per heavy atom. The van der Waals surface area contributed by atoms with Gasteiger partial charge in [-0.05, 0) is 41.5 Å². The molecule has 2 atom stereocenters. The van der Waals surface area contributed by atoms with Gasteiger partial charge in [-0.15, -0.1) is 24.0 Å². The third kappa shape index (κ3) is 5.19. The van der Waals surface area contributed by atoms with E-state index in [2.05, 4.69) is 46.0 Å². The fourth-order valence-electron chi connectivity index (χ4n) is 2.86. The summed E-state index contributed by atoms with van der Waals surface area (Å²) in [7, 11) is 1.75. The summed E-state index contributed by atoms with van der Waals surface area (Å²) in [5.74, 6) is 1.86. The van der Waals surface area contributed by atoms with Gasteiger partial charge < -0.3 is 10.6 Å². The molecule has 0 radical (unpaired) electrons. The van der Waals surface area contributed by atoms with Crippen LogP contribution in [0.25, 0.3) is 0 Å². The average Bonchev–Trinajstić information content (AvgIpc) is 3.36. The highest BCUT2D eigenvalue weighted by molar-refractivity contribution is 14.0. The topological polar surface area (TPSA) is 36.4 Å². The van der Waals surface area contributed by atoms with E-state index in [4.69, 9.17) is 0 Å². The van der Waals surface area contributed by atoms with Crippen LogP contribution < -0.4 is 10.6 Å². The SMILES string of the molecule is CN=C(NCc1cccc(F)c1)NCC1CC1c1ccccc1.I. The van der Waals surface area contributed by atoms with Crippen LogP contribution in [0.4, 0.5) is 4.39 Å². The maximum atomic E-state index is 13.2. The van der Waals surface area contributed by atoms with Crippen molar-refractivity contribution in [2.75, 3.05) is 13.6 Å². The van der Waals surface area contributed by atoms with Crippen molar-refractivity contribution in [3.8, 4) is 0 Å². The van der Waals surface area contributed by atoms with Crippen molar-refractivity contribution in [3.63, 3.8) is 0 Å². The minimum atomic E-state index is -0.212. The van der Waals surface area contributed by atoms with E-state index in [1.165, 1.54) is 24.1 Å². The molecule has 1 fully saturated rings. The van der Waals surface area contributed by atoms with Crippen molar-refractivity contribution < 1.29 is 4.39 Å². The maximum absolute atomic E-state index is 13.2. The van der Waals surface area contributed by atoms with Gasteiger partial charge in [0.25, 0.3) is 0 Å². The number of guanidine groups is 1. The molecule has 2 N–H and O–H groups in total. The molecule has 0 aromatic heterocycles. The Hall–Kier alpha value is -1.63. The number of aliphatic imine (C=N–C) groups is 1. The standard InChI is InChI=1S/C19H22FN3.HI/c1-21-19(22-12-14-6-5-9-17(20)10-14)23-13-16-11-18(16)15-7-3-2-4-8-15;/h2-10,16,18H,11-13H2,1H3,(H2,21,22,23);1H. The van der Waals surface area contributed by atoms with Crippen molar-refractivity contribution in [2.24, 2.45) is 10.9 Å². The second-order valence-electron chi connectivity index (χ2n) is 5.95. The Labute approximate surface area is 159 Å². The van der Waals surface area contributed by atoms with Crippen LogP contribution in [0.1, 0.15) is 23.5 Å². The zero-order valence-electron chi connectivity index (χ0n) is 13.7. The van der Waals surface area contributed by atoms with E-state index in [1.54, 1.807) is 13.1 Å². The first-order valence-corrected chi connectivity index (χ1v) is 8.00. The highest BCUT2D eigenvalue weighted by Gasteiger charge is 2.37. The summed E-state index contributed by atoms with van der Waals surface area (Å²) in [4.78, 5) is 4.22. The molecule has 0 heterocycles. The Morgan fingerprint density at radius 3 is 2.62 bits per heavy atom. The molecule has 5 heteroatoms. The van der Waals surface area contributed by atoms with Crippen molar-refractivity contribution >= 4 is 29.9 Å². The summed E-state index contributed by atoms with van der Waals surface area (Å²) in [5, 5.41) is 6.58. The zero-order chi connectivity index (χ0) is 16.1. The minimum Gasteiger partial charge on any atom is -0.356 e. The largest absolute Gasteiger partial charge is 0.356 e. The second kappa shape index (κ2) is 9.01. The molecule has 0 bridgehead atoms. The third-order valence-corrected chi connectivity index (χ3v) is 4.25. The molecule has 1 saturated carbocycles. The van der Waals surface area contributed by atoms with E-state index >= 15 is 0 Å². The van der Waals surface area contributed by atoms with Gasteiger partial charge in [0.2, 0.25) is 0 Å². The number of benzene rings is 2. The van der Waals surface area contributed by atoms with Gasteiger partial charge >= 0.3 is 0 Å². The summed E-state index contributed by atoms with van der Waals surface area (Å²) >= 11 is 0. The Bertz CT molecular complexity index is 675. The quantitative estimate of drug-likeness (QED) is 0.421. The lowest BCUT2D eigenvalue weighted by molar-refractivity contribution is 0.624. The van der Waals surface area contributed by atoms with E-state index in [0.717, 1.165) is 18.1 Å². The molecule has 2 unspecified atom stereocenters. The lowest BCUT2D eigenvalue weighted by Crippen LogP contribution is -2.38. The minimum absolute atomic E-state index is 0. The van der Waals surface area contributed by atoms with Gasteiger partial charge in [0, 0.05) is 20.1 Å². The summed E-state index contributed by atoms with van der Waals surface area (Å²) in [6.07, 6.45) is 1.22. The van der Waals surface area contributed by atoms with Crippen LogP contribution in [0.15, 0.2) is 59.6 Å². The van der Waals surface area contributed by atoms with Crippen molar-refractivity contribution in [2.45, 2.75) is 18.9 Å². The van der Waals surface area contributed by atoms with Gasteiger partial charge in [-0.3, -0.25) is 4.99 Å². The predicted molar refractivity (Wildman–Crippen MR) is 107 cm³/mol. The van der Waals surface area contributed by atoms with E-state index in [-0.39, 0.29) is 29.8 Å². The van der Waals surface area contributed by atoms with E-state index in [0.29, 0.717) is 18.4 Å². The molecule has 3 rings (SSSR count). The fourth-order valence-corrected chi connectivity index (χ4v) is 2.86. The van der Waals surface area contributed by atoms with Gasteiger partial charge in [-0.25, -0.2) is 4.39 Å². The summed E-state index contributed by atoms with van der Waals surface area (Å²) in [6, 6.07) is 17.2. The molecular weight excluding hydrogens is 416 g/mol. The van der Waals surface area contributed by atoms with Gasteiger partial charge in [0.05, 0.1) is 0 Å². The number of nitrogens with zero attached hydrogens (tertiary/aromatic N) is 1. The lowest BCUT2D eigenvalue weighted by Gasteiger charge is -2.12. The lowest BCUT2D eigenvalue weighted by atomic mass is 10.1. The normalized spacial score (nSPS) is 19.3. The first-order chi connectivity index (χ1) is 11.3. The van der Waals surface area contributed by atoms with E-state index in [9.17, 15) is 4.39 Å². The van der Waals surface area contributed by atoms with Gasteiger partial charge in [-0.2, -0.15) is 0 Å². The number of hydrogen-bond donors (Lipinski definition) is 2. The first-order valence-electron chi connectivity index (χ1n) is 8.00. The van der Waals surface area contributed by atoms with Crippen LogP contribution in [-0.4, -0.2) is 19.6 Å². The van der Waals surface area contributed by atoms with Crippen LogP contribution in [-0.2, 0) is 6.54 Å². The molecule has 0 aliphatic heterocycles. The maximum Gasteiger partial charge on any atom is 0.191 e. The fraction of sp³-hybridized carbons (Fsp3) is 0.316. The zero-order valence-corrected chi connectivity index (χ0v) is 16.0. The van der Waals surface area contributed by atoms with Gasteiger partial charge in [-0.1, -0.05) is 42.5 Å². The molecule has 128 valence electrons. The Balaban J connectivity index is 0.00000208. The van der Waals surface area contributed by atoms with Gasteiger partial charge in [0.15, 0.2) is 5.96 Å². The number of halogens is 2. The molecular formula is C19H23FIN3. The highest BCUT2D eigenvalue weighted by atomic mass is 127. The van der Waals surface area contributed by atoms with Crippen LogP contribution in [0.3, 0.4) is 0 Å². The second-order valence-corrected chi connectivity index (χ2v) is 5.95. The summed E-state index contributed by atoms with van der Waals surface area (Å²) in [6.45, 7) is 1.46. The Morgan fingerprint density at radius 1 is 1.12 bits per heavy atom. The highest BCUT2D eigenvalue weighted by Crippen LogP contribution is 2.46. The van der Waals surface area contributed by atoms with Gasteiger partial charge in [0.1, 0.15) is 5.82 Å². The molecule has 0 saturated heterocycles. The van der Waals surface area contributed by atoms with E-state index in [1.807, 2.05) is 6.07 Å². The number of nitrogens with one attached hydrogen (secondary N) is 2. The first kappa shape index (κ1) is 18.7. The van der Waals surface area contributed by atoms with Crippen LogP contribution >= 0.6 is 24.0 Å². The molecule has 2 aromatic rings. The Kier molecular flexibility index (Phi) is 7.02. The molecule has 2 aromatic carbocycles. The molecule has 0 amide bonds. The van der Waals surface area contributed by atoms with Crippen molar-refractivity contribution in [1.82, 2.24) is 10.6 Å². The van der Waals surface area contributed by atoms with Crippen LogP contribution in [0, 0.1) is 11.7 Å². The summed E-state index contributed by atoms with van der Waals surface area (Å²) < 4.78 is 13.2. The summed E-state index contributed by atoms with van der Waals surface area (Å²) in [5.41, 5.74) is 2.32. The smallest absolute Gasteiger partial charge is 0.191 e. The average molecular weight is 439 g/mol. The third-order valence-electron chi connectivity index (χ3n) is 4.25. The molecule has 0 spiro atoms.